The number of ether oxygens (including phenoxy) is 1. The van der Waals surface area contributed by atoms with Gasteiger partial charge in [-0.25, -0.2) is 10.1 Å². The molecule has 1 aromatic rings. The van der Waals surface area contributed by atoms with Crippen LogP contribution in [0.5, 0.6) is 5.75 Å². The van der Waals surface area contributed by atoms with Gasteiger partial charge >= 0.3 is 37.1 Å². The second-order valence-electron chi connectivity index (χ2n) is 2.19. The van der Waals surface area contributed by atoms with Gasteiger partial charge in [-0.2, -0.15) is 13.2 Å². The van der Waals surface area contributed by atoms with Gasteiger partial charge in [-0.1, -0.05) is 0 Å². The second kappa shape index (κ2) is 5.70. The third-order valence-corrected chi connectivity index (χ3v) is 1.43. The topological polar surface area (TPSA) is 70.3 Å². The van der Waals surface area contributed by atoms with Crippen LogP contribution >= 0.6 is 0 Å². The van der Waals surface area contributed by atoms with Crippen molar-refractivity contribution in [3.05, 3.63) is 36.4 Å². The summed E-state index contributed by atoms with van der Waals surface area (Å²) < 4.78 is 4.53. The zero-order valence-electron chi connectivity index (χ0n) is 7.07. The summed E-state index contributed by atoms with van der Waals surface area (Å²) in [5.41, 5.74) is -0.0619. The maximum Gasteiger partial charge on any atom is 2.00 e. The van der Waals surface area contributed by atoms with E-state index in [2.05, 4.69) is 17.9 Å². The molecule has 0 fully saturated rings. The van der Waals surface area contributed by atoms with E-state index in [4.69, 9.17) is 10.4 Å². The van der Waals surface area contributed by atoms with E-state index in [1.54, 1.807) is 6.07 Å². The monoisotopic (exact) mass is 413 g/mol. The van der Waals surface area contributed by atoms with E-state index in [1.807, 2.05) is 0 Å². The van der Waals surface area contributed by atoms with Crippen LogP contribution in [0.4, 0.5) is 0 Å². The summed E-state index contributed by atoms with van der Waals surface area (Å²) >= 11 is 0. The van der Waals surface area contributed by atoms with Crippen molar-refractivity contribution >= 4 is 5.97 Å². The van der Waals surface area contributed by atoms with Gasteiger partial charge in [0.2, 0.25) is 0 Å². The molecule has 0 bridgehead atoms. The van der Waals surface area contributed by atoms with Crippen molar-refractivity contribution in [3.8, 4) is 11.8 Å². The molecular weight excluding hydrogens is 408 g/mol. The number of rotatable bonds is 2. The molecule has 0 saturated carbocycles. The number of hydrogen-bond donors (Lipinski definition) is 1. The Kier molecular flexibility index (Phi) is 5.30. The summed E-state index contributed by atoms with van der Waals surface area (Å²) in [5, 5.41) is 17.2. The van der Waals surface area contributed by atoms with Crippen molar-refractivity contribution in [3.63, 3.8) is 0 Å². The first-order chi connectivity index (χ1) is 6.19. The first-order valence-corrected chi connectivity index (χ1v) is 3.30. The summed E-state index contributed by atoms with van der Waals surface area (Å²) in [6.45, 7) is 0. The summed E-state index contributed by atoms with van der Waals surface area (Å²) in [4.78, 5) is 10.6. The third kappa shape index (κ3) is 2.77. The largest absolute Gasteiger partial charge is 2.00 e. The fraction of sp³-hybridized carbons (Fsp3) is 0. The van der Waals surface area contributed by atoms with Crippen molar-refractivity contribution in [2.75, 3.05) is 0 Å². The van der Waals surface area contributed by atoms with Gasteiger partial charge in [-0.05, 0) is 16.9 Å². The van der Waals surface area contributed by atoms with Crippen molar-refractivity contribution in [2.24, 2.45) is 0 Å². The van der Waals surface area contributed by atoms with Gasteiger partial charge in [-0.3, -0.25) is 0 Å². The predicted octanol–water partition coefficient (Wildman–Crippen LogP) is 1.23. The van der Waals surface area contributed by atoms with Gasteiger partial charge in [-0.15, -0.1) is 12.1 Å². The van der Waals surface area contributed by atoms with Crippen LogP contribution in [-0.2, 0) is 0 Å². The smallest absolute Gasteiger partial charge is 0.683 e. The minimum atomic E-state index is -1.18. The van der Waals surface area contributed by atoms with Crippen LogP contribution in [0.3, 0.4) is 0 Å². The first kappa shape index (κ1) is 13.0. The van der Waals surface area contributed by atoms with Crippen LogP contribution in [0.25, 0.3) is 0 Å². The molecule has 0 amide bonds. The van der Waals surface area contributed by atoms with E-state index in [0.29, 0.717) is 0 Å². The molecule has 0 spiro atoms. The van der Waals surface area contributed by atoms with Crippen LogP contribution in [0.2, 0.25) is 0 Å². The number of hydrogen-bond acceptors (Lipinski definition) is 3. The maximum absolute atomic E-state index is 10.6. The molecular formula is C9H5NO3U. The van der Waals surface area contributed by atoms with E-state index in [0.717, 1.165) is 0 Å². The van der Waals surface area contributed by atoms with E-state index < -0.39 is 5.97 Å². The van der Waals surface area contributed by atoms with Crippen molar-refractivity contribution in [1.82, 2.24) is 0 Å². The molecule has 14 heavy (non-hydrogen) atoms. The van der Waals surface area contributed by atoms with Crippen molar-refractivity contribution in [1.29, 1.82) is 5.26 Å². The fourth-order valence-corrected chi connectivity index (χ4v) is 0.824. The Labute approximate surface area is 105 Å². The molecule has 68 valence electrons. The number of carbonyl (C=O) groups is 1. The van der Waals surface area contributed by atoms with Gasteiger partial charge < -0.3 is 9.84 Å². The molecule has 0 aliphatic rings. The quantitative estimate of drug-likeness (QED) is 0.741. The number of carboxylic acids is 1. The van der Waals surface area contributed by atoms with Crippen molar-refractivity contribution < 1.29 is 45.8 Å². The molecule has 1 rings (SSSR count). The summed E-state index contributed by atoms with van der Waals surface area (Å²) in [7, 11) is 3.10. The minimum absolute atomic E-state index is 0. The van der Waals surface area contributed by atoms with E-state index in [-0.39, 0.29) is 48.0 Å². The SMILES string of the molecule is [CH2-]Oc1[c-]cc(C#N)c(C(=O)O)c1.[U+2]. The average molecular weight is 413 g/mol. The van der Waals surface area contributed by atoms with Crippen LogP contribution in [0.1, 0.15) is 15.9 Å². The Morgan fingerprint density at radius 2 is 2.36 bits per heavy atom. The number of benzene rings is 1. The van der Waals surface area contributed by atoms with E-state index in [9.17, 15) is 4.79 Å². The molecule has 0 unspecified atom stereocenters. The normalized spacial score (nSPS) is 8.29. The standard InChI is InChI=1S/C9H5NO3.U/c1-13-7-3-2-6(5-10)8(4-7)9(11)12;/h2,4H,1H2,(H,11,12);/q-2;+2. The number of nitrogens with zero attached hydrogens (tertiary/aromatic N) is 1. The molecule has 0 radical (unpaired) electrons. The van der Waals surface area contributed by atoms with Crippen molar-refractivity contribution in [2.45, 2.75) is 0 Å². The van der Waals surface area contributed by atoms with Crippen LogP contribution in [0.15, 0.2) is 12.1 Å². The summed E-state index contributed by atoms with van der Waals surface area (Å²) in [5.74, 6) is -0.986. The third-order valence-electron chi connectivity index (χ3n) is 1.43. The number of aromatic carboxylic acids is 1. The Morgan fingerprint density at radius 1 is 1.71 bits per heavy atom. The molecule has 0 aromatic heterocycles. The summed E-state index contributed by atoms with van der Waals surface area (Å²) in [6.07, 6.45) is 0. The molecule has 0 heterocycles. The van der Waals surface area contributed by atoms with Crippen LogP contribution in [-0.4, -0.2) is 11.1 Å². The zero-order valence-corrected chi connectivity index (χ0v) is 11.2. The molecule has 0 aliphatic heterocycles. The maximum atomic E-state index is 10.6. The van der Waals surface area contributed by atoms with Crippen LogP contribution < -0.4 is 4.74 Å². The number of nitriles is 1. The average Bonchev–Trinajstić information content (AvgIpc) is 2.16. The van der Waals surface area contributed by atoms with E-state index in [1.165, 1.54) is 12.1 Å². The van der Waals surface area contributed by atoms with Gasteiger partial charge in [0.15, 0.2) is 0 Å². The molecule has 0 aliphatic carbocycles. The van der Waals surface area contributed by atoms with Gasteiger partial charge in [0.05, 0.1) is 0 Å². The number of carboxylic acid groups (broad SMARTS) is 1. The molecule has 0 saturated heterocycles. The summed E-state index contributed by atoms with van der Waals surface area (Å²) in [6, 6.07) is 6.76. The Balaban J connectivity index is 0.00000169. The van der Waals surface area contributed by atoms with Gasteiger partial charge in [0.1, 0.15) is 0 Å². The Morgan fingerprint density at radius 3 is 2.79 bits per heavy atom. The Hall–Kier alpha value is -0.968. The van der Waals surface area contributed by atoms with E-state index >= 15 is 0 Å². The molecule has 0 atom stereocenters. The zero-order chi connectivity index (χ0) is 9.84. The van der Waals surface area contributed by atoms with Gasteiger partial charge in [0, 0.05) is 6.07 Å². The predicted molar refractivity (Wildman–Crippen MR) is 42.9 cm³/mol. The fourth-order valence-electron chi connectivity index (χ4n) is 0.824. The molecule has 5 heteroatoms. The Bertz CT molecular complexity index is 384. The van der Waals surface area contributed by atoms with Crippen LogP contribution in [0, 0.1) is 55.6 Å². The molecule has 4 nitrogen and oxygen atoms in total. The van der Waals surface area contributed by atoms with Gasteiger partial charge in [0.25, 0.3) is 0 Å². The molecule has 1 N–H and O–H groups in total. The second-order valence-corrected chi connectivity index (χ2v) is 2.19. The minimum Gasteiger partial charge on any atom is -0.683 e. The molecule has 1 aromatic carbocycles. The first-order valence-electron chi connectivity index (χ1n) is 3.30.